The second kappa shape index (κ2) is 8.71. The van der Waals surface area contributed by atoms with Gasteiger partial charge < -0.3 is 30.8 Å². The van der Waals surface area contributed by atoms with Crippen LogP contribution in [0.4, 0.5) is 0 Å². The van der Waals surface area contributed by atoms with Crippen LogP contribution >= 0.6 is 0 Å². The van der Waals surface area contributed by atoms with E-state index in [9.17, 15) is 20.1 Å². The Morgan fingerprint density at radius 1 is 1.05 bits per heavy atom. The Hall–Kier alpha value is -1.51. The molecule has 0 bridgehead atoms. The van der Waals surface area contributed by atoms with Crippen molar-refractivity contribution >= 4 is 5.91 Å². The summed E-state index contributed by atoms with van der Waals surface area (Å²) in [5.41, 5.74) is 1.00. The van der Waals surface area contributed by atoms with Crippen molar-refractivity contribution in [2.45, 2.75) is 30.8 Å². The molecule has 1 aromatic carbocycles. The number of nitrogens with one attached hydrogen (secondary N) is 1. The van der Waals surface area contributed by atoms with Crippen molar-refractivity contribution in [1.82, 2.24) is 5.32 Å². The van der Waals surface area contributed by atoms with Gasteiger partial charge in [0.25, 0.3) is 5.91 Å². The number of carbonyl (C=O) groups excluding carboxylic acids is 1. The predicted molar refractivity (Wildman–Crippen MR) is 74.3 cm³/mol. The van der Waals surface area contributed by atoms with Gasteiger partial charge in [0, 0.05) is 6.54 Å². The van der Waals surface area contributed by atoms with Gasteiger partial charge in [0.2, 0.25) is 0 Å². The molecule has 0 saturated carbocycles. The van der Waals surface area contributed by atoms with Gasteiger partial charge in [-0.1, -0.05) is 30.3 Å². The maximum absolute atomic E-state index is 11.6. The molecule has 0 saturated heterocycles. The average molecular weight is 299 g/mol. The number of aliphatic hydroxyl groups excluding tert-OH is 5. The van der Waals surface area contributed by atoms with Gasteiger partial charge in [-0.2, -0.15) is 0 Å². The first-order valence-corrected chi connectivity index (χ1v) is 6.62. The first kappa shape index (κ1) is 17.5. The molecule has 0 fully saturated rings. The molecule has 1 rings (SSSR count). The molecule has 0 unspecified atom stereocenters. The van der Waals surface area contributed by atoms with Crippen LogP contribution in [0.25, 0.3) is 0 Å². The normalized spacial score (nSPS) is 16.8. The van der Waals surface area contributed by atoms with Gasteiger partial charge in [0.1, 0.15) is 18.3 Å². The standard InChI is InChI=1S/C14H21NO6/c16-8-10(17)11(18)12(19)13(20)14(21)15-7-6-9-4-2-1-3-5-9/h1-5,10-13,16-20H,6-8H2,(H,15,21)/t10-,11-,12-,13-/m1/s1. The zero-order chi connectivity index (χ0) is 15.8. The minimum Gasteiger partial charge on any atom is -0.394 e. The third-order valence-corrected chi connectivity index (χ3v) is 3.08. The number of hydrogen-bond acceptors (Lipinski definition) is 6. The van der Waals surface area contributed by atoms with E-state index in [1.807, 2.05) is 30.3 Å². The number of rotatable bonds is 8. The smallest absolute Gasteiger partial charge is 0.251 e. The molecule has 118 valence electrons. The van der Waals surface area contributed by atoms with Crippen molar-refractivity contribution in [3.63, 3.8) is 0 Å². The van der Waals surface area contributed by atoms with Crippen molar-refractivity contribution in [2.75, 3.05) is 13.2 Å². The number of hydrogen-bond donors (Lipinski definition) is 6. The predicted octanol–water partition coefficient (Wildman–Crippen LogP) is -2.22. The molecule has 0 spiro atoms. The summed E-state index contributed by atoms with van der Waals surface area (Å²) >= 11 is 0. The van der Waals surface area contributed by atoms with Crippen LogP contribution in [-0.4, -0.2) is 69.0 Å². The zero-order valence-corrected chi connectivity index (χ0v) is 11.5. The van der Waals surface area contributed by atoms with E-state index >= 15 is 0 Å². The van der Waals surface area contributed by atoms with Crippen LogP contribution in [0, 0.1) is 0 Å². The van der Waals surface area contributed by atoms with Gasteiger partial charge in [-0.05, 0) is 12.0 Å². The van der Waals surface area contributed by atoms with Gasteiger partial charge in [-0.25, -0.2) is 0 Å². The molecule has 7 nitrogen and oxygen atoms in total. The van der Waals surface area contributed by atoms with Gasteiger partial charge in [-0.15, -0.1) is 0 Å². The van der Waals surface area contributed by atoms with Crippen LogP contribution < -0.4 is 5.32 Å². The average Bonchev–Trinajstić information content (AvgIpc) is 2.52. The van der Waals surface area contributed by atoms with Gasteiger partial charge in [0.15, 0.2) is 6.10 Å². The van der Waals surface area contributed by atoms with E-state index in [2.05, 4.69) is 5.32 Å². The molecule has 7 heteroatoms. The van der Waals surface area contributed by atoms with Crippen molar-refractivity contribution < 1.29 is 30.3 Å². The molecule has 0 heterocycles. The Kier molecular flexibility index (Phi) is 7.27. The van der Waals surface area contributed by atoms with E-state index in [0.717, 1.165) is 5.56 Å². The largest absolute Gasteiger partial charge is 0.394 e. The summed E-state index contributed by atoms with van der Waals surface area (Å²) in [6.45, 7) is -0.536. The van der Waals surface area contributed by atoms with Crippen LogP contribution in [0.2, 0.25) is 0 Å². The highest BCUT2D eigenvalue weighted by Crippen LogP contribution is 2.05. The molecule has 0 aromatic heterocycles. The minimum absolute atomic E-state index is 0.255. The summed E-state index contributed by atoms with van der Waals surface area (Å²) in [5, 5.41) is 48.7. The monoisotopic (exact) mass is 299 g/mol. The van der Waals surface area contributed by atoms with Crippen LogP contribution in [0.15, 0.2) is 30.3 Å². The van der Waals surface area contributed by atoms with E-state index in [-0.39, 0.29) is 6.54 Å². The maximum Gasteiger partial charge on any atom is 0.251 e. The van der Waals surface area contributed by atoms with Crippen molar-refractivity contribution in [3.05, 3.63) is 35.9 Å². The lowest BCUT2D eigenvalue weighted by Gasteiger charge is -2.24. The lowest BCUT2D eigenvalue weighted by atomic mass is 10.0. The van der Waals surface area contributed by atoms with E-state index in [4.69, 9.17) is 10.2 Å². The summed E-state index contributed by atoms with van der Waals surface area (Å²) in [4.78, 5) is 11.6. The summed E-state index contributed by atoms with van der Waals surface area (Å²) in [7, 11) is 0. The molecule has 6 N–H and O–H groups in total. The fraction of sp³-hybridized carbons (Fsp3) is 0.500. The van der Waals surface area contributed by atoms with E-state index in [1.54, 1.807) is 0 Å². The minimum atomic E-state index is -1.89. The van der Waals surface area contributed by atoms with Crippen LogP contribution in [0.5, 0.6) is 0 Å². The molecular weight excluding hydrogens is 278 g/mol. The second-order valence-electron chi connectivity index (χ2n) is 4.70. The number of carbonyl (C=O) groups is 1. The molecule has 0 aliphatic rings. The highest BCUT2D eigenvalue weighted by molar-refractivity contribution is 5.81. The second-order valence-corrected chi connectivity index (χ2v) is 4.70. The number of aliphatic hydroxyl groups is 5. The van der Waals surface area contributed by atoms with Crippen molar-refractivity contribution in [3.8, 4) is 0 Å². The van der Waals surface area contributed by atoms with Crippen LogP contribution in [-0.2, 0) is 11.2 Å². The van der Waals surface area contributed by atoms with Crippen molar-refractivity contribution in [2.24, 2.45) is 0 Å². The van der Waals surface area contributed by atoms with Gasteiger partial charge in [-0.3, -0.25) is 4.79 Å². The fourth-order valence-corrected chi connectivity index (χ4v) is 1.76. The Morgan fingerprint density at radius 3 is 2.24 bits per heavy atom. The Morgan fingerprint density at radius 2 is 1.67 bits per heavy atom. The van der Waals surface area contributed by atoms with Crippen LogP contribution in [0.1, 0.15) is 5.56 Å². The maximum atomic E-state index is 11.6. The highest BCUT2D eigenvalue weighted by atomic mass is 16.4. The molecule has 0 aliphatic heterocycles. The first-order valence-electron chi connectivity index (χ1n) is 6.62. The molecule has 21 heavy (non-hydrogen) atoms. The zero-order valence-electron chi connectivity index (χ0n) is 11.5. The Labute approximate surface area is 122 Å². The number of benzene rings is 1. The van der Waals surface area contributed by atoms with Crippen LogP contribution in [0.3, 0.4) is 0 Å². The van der Waals surface area contributed by atoms with Gasteiger partial charge in [0.05, 0.1) is 6.61 Å². The first-order chi connectivity index (χ1) is 9.97. The van der Waals surface area contributed by atoms with E-state index < -0.39 is 36.9 Å². The third kappa shape index (κ3) is 5.41. The van der Waals surface area contributed by atoms with Crippen molar-refractivity contribution in [1.29, 1.82) is 0 Å². The quantitative estimate of drug-likeness (QED) is 0.322. The molecule has 0 aliphatic carbocycles. The molecule has 1 aromatic rings. The summed E-state index contributed by atoms with van der Waals surface area (Å²) in [6, 6.07) is 9.37. The third-order valence-electron chi connectivity index (χ3n) is 3.08. The lowest BCUT2D eigenvalue weighted by Crippen LogP contribution is -2.51. The molecule has 4 atom stereocenters. The topological polar surface area (TPSA) is 130 Å². The Balaban J connectivity index is 2.40. The molecular formula is C14H21NO6. The fourth-order valence-electron chi connectivity index (χ4n) is 1.76. The Bertz CT molecular complexity index is 427. The van der Waals surface area contributed by atoms with E-state index in [0.29, 0.717) is 6.42 Å². The molecule has 0 radical (unpaired) electrons. The number of amides is 1. The summed E-state index contributed by atoms with van der Waals surface area (Å²) < 4.78 is 0. The summed E-state index contributed by atoms with van der Waals surface area (Å²) in [5.74, 6) is -0.859. The molecule has 1 amide bonds. The lowest BCUT2D eigenvalue weighted by molar-refractivity contribution is -0.148. The van der Waals surface area contributed by atoms with Gasteiger partial charge >= 0.3 is 0 Å². The highest BCUT2D eigenvalue weighted by Gasteiger charge is 2.33. The van der Waals surface area contributed by atoms with E-state index in [1.165, 1.54) is 0 Å². The SMILES string of the molecule is O=C(NCCc1ccccc1)[C@H](O)[C@H](O)[C@H](O)[C@H](O)CO. The summed E-state index contributed by atoms with van der Waals surface area (Å²) in [6.07, 6.45) is -6.67.